The quantitative estimate of drug-likeness (QED) is 0.778. The first-order valence-electron chi connectivity index (χ1n) is 5.91. The fraction of sp³-hybridized carbons (Fsp3) is 0.833. The molecule has 5 heteroatoms. The van der Waals surface area contributed by atoms with Gasteiger partial charge in [-0.3, -0.25) is 0 Å². The van der Waals surface area contributed by atoms with Crippen LogP contribution in [0.3, 0.4) is 0 Å². The summed E-state index contributed by atoms with van der Waals surface area (Å²) < 4.78 is 4.86. The van der Waals surface area contributed by atoms with Crippen LogP contribution in [-0.2, 0) is 4.74 Å². The van der Waals surface area contributed by atoms with E-state index < -0.39 is 0 Å². The van der Waals surface area contributed by atoms with Crippen molar-refractivity contribution in [2.75, 3.05) is 26.0 Å². The molecule has 96 valence electrons. The number of carbonyl (C=O) groups is 1. The van der Waals surface area contributed by atoms with E-state index in [-0.39, 0.29) is 10.8 Å². The van der Waals surface area contributed by atoms with E-state index in [1.165, 1.54) is 0 Å². The molecule has 0 unspecified atom stereocenters. The highest BCUT2D eigenvalue weighted by atomic mass is 32.2. The second kappa shape index (κ2) is 6.15. The van der Waals surface area contributed by atoms with Crippen molar-refractivity contribution in [1.29, 1.82) is 5.26 Å². The first kappa shape index (κ1) is 14.2. The minimum absolute atomic E-state index is 0.244. The van der Waals surface area contributed by atoms with E-state index in [0.717, 1.165) is 12.8 Å². The van der Waals surface area contributed by atoms with Crippen LogP contribution in [-0.4, -0.2) is 41.7 Å². The third-order valence-electron chi connectivity index (χ3n) is 2.96. The van der Waals surface area contributed by atoms with Gasteiger partial charge in [0.15, 0.2) is 0 Å². The van der Waals surface area contributed by atoms with Gasteiger partial charge in [0.25, 0.3) is 0 Å². The normalized spacial score (nSPS) is 18.9. The number of ether oxygens (including phenoxy) is 1. The Morgan fingerprint density at radius 3 is 2.53 bits per heavy atom. The van der Waals surface area contributed by atoms with Crippen LogP contribution in [0.4, 0.5) is 4.79 Å². The third-order valence-corrected chi connectivity index (χ3v) is 4.24. The molecule has 0 N–H and O–H groups in total. The zero-order valence-corrected chi connectivity index (χ0v) is 11.5. The fourth-order valence-electron chi connectivity index (χ4n) is 1.74. The molecule has 0 aromatic rings. The Labute approximate surface area is 107 Å². The molecule has 0 aromatic heterocycles. The number of likely N-dealkylation sites (tertiary alicyclic amines) is 1. The van der Waals surface area contributed by atoms with Gasteiger partial charge in [0, 0.05) is 13.1 Å². The molecule has 1 fully saturated rings. The summed E-state index contributed by atoms with van der Waals surface area (Å²) in [6.07, 6.45) is 3.16. The molecule has 17 heavy (non-hydrogen) atoms. The summed E-state index contributed by atoms with van der Waals surface area (Å²) in [7, 11) is 0. The van der Waals surface area contributed by atoms with Gasteiger partial charge < -0.3 is 9.64 Å². The van der Waals surface area contributed by atoms with E-state index in [1.54, 1.807) is 16.7 Å². The predicted octanol–water partition coefficient (Wildman–Crippen LogP) is 2.50. The zero-order chi connectivity index (χ0) is 12.9. The average molecular weight is 256 g/mol. The number of nitrogens with zero attached hydrogens (tertiary/aromatic N) is 2. The molecule has 1 aliphatic rings. The number of piperidine rings is 1. The fourth-order valence-corrected chi connectivity index (χ4v) is 2.42. The summed E-state index contributed by atoms with van der Waals surface area (Å²) in [5.41, 5.74) is 0. The van der Waals surface area contributed by atoms with Crippen LogP contribution in [0.25, 0.3) is 0 Å². The Hall–Kier alpha value is -0.890. The Morgan fingerprint density at radius 2 is 2.12 bits per heavy atom. The molecule has 1 amide bonds. The number of rotatable bonds is 3. The predicted molar refractivity (Wildman–Crippen MR) is 68.9 cm³/mol. The maximum atomic E-state index is 11.7. The average Bonchev–Trinajstić information content (AvgIpc) is 2.36. The van der Waals surface area contributed by atoms with Crippen molar-refractivity contribution in [2.24, 2.45) is 5.92 Å². The minimum atomic E-state index is -0.311. The van der Waals surface area contributed by atoms with Gasteiger partial charge in [-0.2, -0.15) is 5.26 Å². The summed E-state index contributed by atoms with van der Waals surface area (Å²) in [4.78, 5) is 13.4. The summed E-state index contributed by atoms with van der Waals surface area (Å²) in [5.74, 6) is 0.355. The van der Waals surface area contributed by atoms with Gasteiger partial charge in [0.1, 0.15) is 4.75 Å². The van der Waals surface area contributed by atoms with Crippen LogP contribution >= 0.6 is 11.8 Å². The number of amides is 1. The van der Waals surface area contributed by atoms with Crippen molar-refractivity contribution >= 4 is 17.9 Å². The Bertz CT molecular complexity index is 304. The summed E-state index contributed by atoms with van der Waals surface area (Å²) in [6, 6.07) is 2.36. The number of thioether (sulfide) groups is 1. The molecular weight excluding hydrogens is 236 g/mol. The highest BCUT2D eigenvalue weighted by Gasteiger charge is 2.35. The molecule has 1 heterocycles. The Kier molecular flexibility index (Phi) is 5.13. The van der Waals surface area contributed by atoms with E-state index in [9.17, 15) is 4.79 Å². The molecule has 0 bridgehead atoms. The highest BCUT2D eigenvalue weighted by Crippen LogP contribution is 2.33. The molecule has 0 saturated carbocycles. The lowest BCUT2D eigenvalue weighted by atomic mass is 9.98. The van der Waals surface area contributed by atoms with Gasteiger partial charge in [0.2, 0.25) is 0 Å². The SMILES string of the molecule is CSC1(C#N)CCN(C(=O)OCC(C)C)CC1. The maximum Gasteiger partial charge on any atom is 0.409 e. The van der Waals surface area contributed by atoms with Gasteiger partial charge in [-0.1, -0.05) is 13.8 Å². The molecule has 0 spiro atoms. The number of hydrogen-bond acceptors (Lipinski definition) is 4. The first-order chi connectivity index (χ1) is 8.03. The largest absolute Gasteiger partial charge is 0.449 e. The molecule has 0 aliphatic carbocycles. The summed E-state index contributed by atoms with van der Waals surface area (Å²) >= 11 is 1.59. The molecular formula is C12H20N2O2S. The molecule has 0 radical (unpaired) electrons. The Morgan fingerprint density at radius 1 is 1.53 bits per heavy atom. The van der Waals surface area contributed by atoms with Crippen LogP contribution in [0.1, 0.15) is 26.7 Å². The molecule has 1 aliphatic heterocycles. The highest BCUT2D eigenvalue weighted by molar-refractivity contribution is 8.00. The van der Waals surface area contributed by atoms with Crippen molar-refractivity contribution in [3.05, 3.63) is 0 Å². The van der Waals surface area contributed by atoms with Gasteiger partial charge in [-0.25, -0.2) is 4.79 Å². The standard InChI is InChI=1S/C12H20N2O2S/c1-10(2)8-16-11(15)14-6-4-12(9-13,17-3)5-7-14/h10H,4-8H2,1-3H3. The van der Waals surface area contributed by atoms with E-state index in [2.05, 4.69) is 6.07 Å². The lowest BCUT2D eigenvalue weighted by Crippen LogP contribution is -2.44. The lowest BCUT2D eigenvalue weighted by Gasteiger charge is -2.35. The van der Waals surface area contributed by atoms with E-state index in [4.69, 9.17) is 10.00 Å². The van der Waals surface area contributed by atoms with Crippen molar-refractivity contribution in [1.82, 2.24) is 4.90 Å². The van der Waals surface area contributed by atoms with Crippen LogP contribution in [0.15, 0.2) is 0 Å². The smallest absolute Gasteiger partial charge is 0.409 e. The number of carbonyl (C=O) groups excluding carboxylic acids is 1. The number of nitriles is 1. The topological polar surface area (TPSA) is 53.3 Å². The zero-order valence-electron chi connectivity index (χ0n) is 10.7. The Balaban J connectivity index is 2.41. The van der Waals surface area contributed by atoms with Crippen molar-refractivity contribution in [2.45, 2.75) is 31.4 Å². The second-order valence-corrected chi connectivity index (χ2v) is 5.96. The van der Waals surface area contributed by atoms with Gasteiger partial charge >= 0.3 is 6.09 Å². The molecule has 0 atom stereocenters. The van der Waals surface area contributed by atoms with Crippen LogP contribution in [0, 0.1) is 17.2 Å². The summed E-state index contributed by atoms with van der Waals surface area (Å²) in [5, 5.41) is 9.14. The summed E-state index contributed by atoms with van der Waals surface area (Å²) in [6.45, 7) is 5.72. The van der Waals surface area contributed by atoms with Crippen LogP contribution in [0.5, 0.6) is 0 Å². The monoisotopic (exact) mass is 256 g/mol. The van der Waals surface area contributed by atoms with Gasteiger partial charge in [-0.05, 0) is 25.0 Å². The van der Waals surface area contributed by atoms with E-state index >= 15 is 0 Å². The molecule has 0 aromatic carbocycles. The van der Waals surface area contributed by atoms with E-state index in [0.29, 0.717) is 25.6 Å². The second-order valence-electron chi connectivity index (χ2n) is 4.77. The number of hydrogen-bond donors (Lipinski definition) is 0. The van der Waals surface area contributed by atoms with Crippen LogP contribution < -0.4 is 0 Å². The maximum absolute atomic E-state index is 11.7. The van der Waals surface area contributed by atoms with Crippen LogP contribution in [0.2, 0.25) is 0 Å². The third kappa shape index (κ3) is 3.81. The van der Waals surface area contributed by atoms with Crippen molar-refractivity contribution < 1.29 is 9.53 Å². The van der Waals surface area contributed by atoms with E-state index in [1.807, 2.05) is 20.1 Å². The van der Waals surface area contributed by atoms with Crippen molar-refractivity contribution in [3.8, 4) is 6.07 Å². The molecule has 4 nitrogen and oxygen atoms in total. The van der Waals surface area contributed by atoms with Crippen molar-refractivity contribution in [3.63, 3.8) is 0 Å². The molecule has 1 saturated heterocycles. The first-order valence-corrected chi connectivity index (χ1v) is 7.13. The van der Waals surface area contributed by atoms with Gasteiger partial charge in [0.05, 0.1) is 12.7 Å². The lowest BCUT2D eigenvalue weighted by molar-refractivity contribution is 0.0841. The van der Waals surface area contributed by atoms with Gasteiger partial charge in [-0.15, -0.1) is 11.8 Å². The minimum Gasteiger partial charge on any atom is -0.449 e. The molecule has 1 rings (SSSR count).